The fourth-order valence-corrected chi connectivity index (χ4v) is 1.70. The maximum Gasteiger partial charge on any atom is 0.0211 e. The summed E-state index contributed by atoms with van der Waals surface area (Å²) in [6.07, 6.45) is 1.92. The van der Waals surface area contributed by atoms with Crippen molar-refractivity contribution >= 4 is 11.3 Å². The number of nitrogens with one attached hydrogen (secondary N) is 1. The zero-order chi connectivity index (χ0) is 10.3. The summed E-state index contributed by atoms with van der Waals surface area (Å²) in [6.45, 7) is 5.33. The highest BCUT2D eigenvalue weighted by Gasteiger charge is 2.08. The average Bonchev–Trinajstić information content (AvgIpc) is 2.02. The molecule has 0 aliphatic heterocycles. The third kappa shape index (κ3) is 6.15. The molecular formula is C8H19N2O2S-. The molecule has 4 nitrogen and oxygen atoms in total. The number of hydrogen-bond donors (Lipinski definition) is 1. The molecule has 13 heavy (non-hydrogen) atoms. The van der Waals surface area contributed by atoms with Gasteiger partial charge in [-0.3, -0.25) is 4.21 Å². The van der Waals surface area contributed by atoms with Crippen LogP contribution in [0.4, 0.5) is 0 Å². The predicted molar refractivity (Wildman–Crippen MR) is 53.9 cm³/mol. The summed E-state index contributed by atoms with van der Waals surface area (Å²) in [6, 6.07) is 0.0629. The van der Waals surface area contributed by atoms with E-state index in [0.29, 0.717) is 6.54 Å². The fraction of sp³-hybridized carbons (Fsp3) is 1.00. The van der Waals surface area contributed by atoms with Gasteiger partial charge in [-0.2, -0.15) is 0 Å². The molecule has 0 spiro atoms. The smallest absolute Gasteiger partial charge is 0.0211 e. The van der Waals surface area contributed by atoms with E-state index in [9.17, 15) is 8.76 Å². The summed E-state index contributed by atoms with van der Waals surface area (Å²) in [5, 5.41) is 3.03. The maximum absolute atomic E-state index is 10.7. The van der Waals surface area contributed by atoms with Crippen LogP contribution in [0.15, 0.2) is 0 Å². The molecule has 1 unspecified atom stereocenters. The first-order chi connectivity index (χ1) is 6.09. The van der Waals surface area contributed by atoms with Crippen molar-refractivity contribution in [3.05, 3.63) is 0 Å². The van der Waals surface area contributed by atoms with Crippen LogP contribution in [0, 0.1) is 0 Å². The SMILES string of the molecule is CNCCCCN(C(C)C)S(=O)[O-]. The van der Waals surface area contributed by atoms with E-state index in [1.807, 2.05) is 20.9 Å². The maximum atomic E-state index is 10.7. The van der Waals surface area contributed by atoms with Gasteiger partial charge in [0.05, 0.1) is 0 Å². The van der Waals surface area contributed by atoms with Crippen LogP contribution < -0.4 is 5.32 Å². The first-order valence-corrected chi connectivity index (χ1v) is 5.63. The fourth-order valence-electron chi connectivity index (χ4n) is 1.07. The van der Waals surface area contributed by atoms with Crippen LogP contribution in [0.5, 0.6) is 0 Å². The molecule has 5 heteroatoms. The van der Waals surface area contributed by atoms with Gasteiger partial charge in [0.2, 0.25) is 0 Å². The van der Waals surface area contributed by atoms with Gasteiger partial charge in [0.15, 0.2) is 0 Å². The van der Waals surface area contributed by atoms with Crippen molar-refractivity contribution in [2.75, 3.05) is 20.1 Å². The lowest BCUT2D eigenvalue weighted by Gasteiger charge is -2.27. The molecule has 0 radical (unpaired) electrons. The second kappa shape index (κ2) is 7.44. The third-order valence-corrected chi connectivity index (χ3v) is 2.81. The lowest BCUT2D eigenvalue weighted by molar-refractivity contribution is 0.331. The minimum atomic E-state index is -2.08. The molecule has 80 valence electrons. The molecule has 1 N–H and O–H groups in total. The van der Waals surface area contributed by atoms with Gasteiger partial charge in [0, 0.05) is 23.9 Å². The monoisotopic (exact) mass is 207 g/mol. The topological polar surface area (TPSA) is 55.4 Å². The highest BCUT2D eigenvalue weighted by Crippen LogP contribution is 2.03. The third-order valence-electron chi connectivity index (χ3n) is 1.82. The Hall–Kier alpha value is 0.0300. The number of hydrogen-bond acceptors (Lipinski definition) is 3. The number of nitrogens with zero attached hydrogens (tertiary/aromatic N) is 1. The van der Waals surface area contributed by atoms with Gasteiger partial charge >= 0.3 is 0 Å². The van der Waals surface area contributed by atoms with Crippen molar-refractivity contribution < 1.29 is 8.76 Å². The van der Waals surface area contributed by atoms with Crippen molar-refractivity contribution in [2.24, 2.45) is 0 Å². The Morgan fingerprint density at radius 1 is 1.46 bits per heavy atom. The molecule has 0 saturated heterocycles. The molecule has 0 amide bonds. The Bertz CT molecular complexity index is 153. The van der Waals surface area contributed by atoms with E-state index in [1.54, 1.807) is 0 Å². The van der Waals surface area contributed by atoms with E-state index in [4.69, 9.17) is 0 Å². The van der Waals surface area contributed by atoms with Crippen LogP contribution in [0.1, 0.15) is 26.7 Å². The Morgan fingerprint density at radius 2 is 2.08 bits per heavy atom. The molecule has 0 saturated carbocycles. The molecule has 0 aliphatic carbocycles. The summed E-state index contributed by atoms with van der Waals surface area (Å²) < 4.78 is 22.9. The summed E-state index contributed by atoms with van der Waals surface area (Å²) in [5.41, 5.74) is 0. The Balaban J connectivity index is 3.64. The molecule has 0 aromatic heterocycles. The van der Waals surface area contributed by atoms with Gasteiger partial charge in [0.25, 0.3) is 0 Å². The first kappa shape index (κ1) is 13.0. The normalized spacial score (nSPS) is 14.0. The quantitative estimate of drug-likeness (QED) is 0.488. The Kier molecular flexibility index (Phi) is 7.45. The highest BCUT2D eigenvalue weighted by atomic mass is 32.2. The Labute approximate surface area is 83.1 Å². The average molecular weight is 207 g/mol. The molecule has 0 fully saturated rings. The highest BCUT2D eigenvalue weighted by molar-refractivity contribution is 7.76. The van der Waals surface area contributed by atoms with Crippen LogP contribution in [0.3, 0.4) is 0 Å². The van der Waals surface area contributed by atoms with E-state index in [2.05, 4.69) is 5.32 Å². The van der Waals surface area contributed by atoms with Gasteiger partial charge in [-0.25, -0.2) is 4.31 Å². The summed E-state index contributed by atoms with van der Waals surface area (Å²) >= 11 is -2.08. The van der Waals surface area contributed by atoms with Gasteiger partial charge in [-0.05, 0) is 40.3 Å². The summed E-state index contributed by atoms with van der Waals surface area (Å²) in [7, 11) is 1.89. The minimum absolute atomic E-state index is 0.0629. The van der Waals surface area contributed by atoms with Crippen LogP contribution in [-0.2, 0) is 11.3 Å². The molecule has 0 aromatic carbocycles. The van der Waals surface area contributed by atoms with Crippen molar-refractivity contribution in [2.45, 2.75) is 32.7 Å². The number of unbranched alkanes of at least 4 members (excludes halogenated alkanes) is 1. The van der Waals surface area contributed by atoms with Crippen molar-refractivity contribution in [1.82, 2.24) is 9.62 Å². The molecular weight excluding hydrogens is 188 g/mol. The van der Waals surface area contributed by atoms with Crippen molar-refractivity contribution in [1.29, 1.82) is 0 Å². The van der Waals surface area contributed by atoms with E-state index < -0.39 is 11.3 Å². The zero-order valence-corrected chi connectivity index (χ0v) is 9.39. The van der Waals surface area contributed by atoms with E-state index >= 15 is 0 Å². The molecule has 0 rings (SSSR count). The van der Waals surface area contributed by atoms with Crippen LogP contribution >= 0.6 is 0 Å². The lowest BCUT2D eigenvalue weighted by atomic mass is 10.3. The van der Waals surface area contributed by atoms with E-state index in [-0.39, 0.29) is 6.04 Å². The predicted octanol–water partition coefficient (Wildman–Crippen LogP) is 0.490. The van der Waals surface area contributed by atoms with Gasteiger partial charge in [-0.1, -0.05) is 0 Å². The summed E-state index contributed by atoms with van der Waals surface area (Å²) in [4.78, 5) is 0. The molecule has 0 bridgehead atoms. The molecule has 0 heterocycles. The molecule has 0 aromatic rings. The summed E-state index contributed by atoms with van der Waals surface area (Å²) in [5.74, 6) is 0. The minimum Gasteiger partial charge on any atom is -0.760 e. The second-order valence-electron chi connectivity index (χ2n) is 3.26. The van der Waals surface area contributed by atoms with Gasteiger partial charge < -0.3 is 9.87 Å². The molecule has 0 aliphatic rings. The van der Waals surface area contributed by atoms with Crippen LogP contribution in [0.2, 0.25) is 0 Å². The van der Waals surface area contributed by atoms with Crippen molar-refractivity contribution in [3.8, 4) is 0 Å². The largest absolute Gasteiger partial charge is 0.760 e. The zero-order valence-electron chi connectivity index (χ0n) is 8.58. The lowest BCUT2D eigenvalue weighted by Crippen LogP contribution is -2.33. The standard InChI is InChI=1S/C8H20N2O2S/c1-8(2)10(13(11)12)7-5-4-6-9-3/h8-9H,4-7H2,1-3H3,(H,11,12)/p-1. The van der Waals surface area contributed by atoms with Gasteiger partial charge in [0.1, 0.15) is 0 Å². The van der Waals surface area contributed by atoms with Gasteiger partial charge in [-0.15, -0.1) is 0 Å². The van der Waals surface area contributed by atoms with E-state index in [1.165, 1.54) is 4.31 Å². The first-order valence-electron chi connectivity index (χ1n) is 4.60. The Morgan fingerprint density at radius 3 is 2.46 bits per heavy atom. The van der Waals surface area contributed by atoms with Crippen molar-refractivity contribution in [3.63, 3.8) is 0 Å². The van der Waals surface area contributed by atoms with E-state index in [0.717, 1.165) is 19.4 Å². The number of rotatable bonds is 7. The van der Waals surface area contributed by atoms with Crippen LogP contribution in [-0.4, -0.2) is 39.2 Å². The van der Waals surface area contributed by atoms with Crippen LogP contribution in [0.25, 0.3) is 0 Å². The molecule has 1 atom stereocenters. The second-order valence-corrected chi connectivity index (χ2v) is 4.17.